The smallest absolute Gasteiger partial charge is 0.319 e. The first-order chi connectivity index (χ1) is 9.79. The molecule has 0 aliphatic carbocycles. The zero-order valence-corrected chi connectivity index (χ0v) is 14.1. The van der Waals surface area contributed by atoms with Crippen LogP contribution < -0.4 is 10.6 Å². The zero-order chi connectivity index (χ0) is 16.0. The van der Waals surface area contributed by atoms with Gasteiger partial charge in [-0.2, -0.15) is 0 Å². The van der Waals surface area contributed by atoms with Gasteiger partial charge in [-0.15, -0.1) is 0 Å². The Labute approximate surface area is 133 Å². The highest BCUT2D eigenvalue weighted by atomic mass is 79.9. The van der Waals surface area contributed by atoms with Crippen LogP contribution in [0.1, 0.15) is 30.9 Å². The molecule has 0 aliphatic rings. The van der Waals surface area contributed by atoms with E-state index in [2.05, 4.69) is 26.6 Å². The summed E-state index contributed by atoms with van der Waals surface area (Å²) in [6.45, 7) is 6.30. The van der Waals surface area contributed by atoms with Gasteiger partial charge in [0.1, 0.15) is 0 Å². The van der Waals surface area contributed by atoms with Gasteiger partial charge in [-0.25, -0.2) is 4.79 Å². The standard InChI is InChI=1S/C15H21BrN2O3/c1-9(4-5-13(19)20)8-17-15(21)18-12-6-10(2)14(16)11(3)7-12/h6-7,9H,4-5,8H2,1-3H3,(H,19,20)(H2,17,18,21). The van der Waals surface area contributed by atoms with Gasteiger partial charge in [0.2, 0.25) is 0 Å². The molecule has 1 rings (SSSR count). The largest absolute Gasteiger partial charge is 0.481 e. The van der Waals surface area contributed by atoms with E-state index in [-0.39, 0.29) is 18.4 Å². The summed E-state index contributed by atoms with van der Waals surface area (Å²) in [7, 11) is 0. The lowest BCUT2D eigenvalue weighted by atomic mass is 10.1. The summed E-state index contributed by atoms with van der Waals surface area (Å²) in [5.74, 6) is -0.688. The molecular weight excluding hydrogens is 336 g/mol. The fourth-order valence-corrected chi connectivity index (χ4v) is 2.16. The SMILES string of the molecule is Cc1cc(NC(=O)NCC(C)CCC(=O)O)cc(C)c1Br. The Morgan fingerprint density at radius 2 is 1.86 bits per heavy atom. The Hall–Kier alpha value is -1.56. The maximum absolute atomic E-state index is 11.8. The predicted octanol–water partition coefficient (Wildman–Crippen LogP) is 3.69. The van der Waals surface area contributed by atoms with Crippen LogP contribution in [0.15, 0.2) is 16.6 Å². The Kier molecular flexibility index (Phi) is 6.68. The van der Waals surface area contributed by atoms with E-state index in [0.29, 0.717) is 13.0 Å². The molecule has 0 fully saturated rings. The van der Waals surface area contributed by atoms with Crippen molar-refractivity contribution in [3.8, 4) is 0 Å². The molecule has 0 saturated heterocycles. The zero-order valence-electron chi connectivity index (χ0n) is 12.5. The Bertz CT molecular complexity index is 509. The molecule has 6 heteroatoms. The highest BCUT2D eigenvalue weighted by Crippen LogP contribution is 2.24. The number of carbonyl (C=O) groups excluding carboxylic acids is 1. The summed E-state index contributed by atoms with van der Waals surface area (Å²) in [6, 6.07) is 3.51. The second-order valence-corrected chi connectivity index (χ2v) is 6.09. The van der Waals surface area contributed by atoms with Crippen molar-refractivity contribution in [3.63, 3.8) is 0 Å². The number of anilines is 1. The number of aryl methyl sites for hydroxylation is 2. The van der Waals surface area contributed by atoms with Crippen LogP contribution in [0, 0.1) is 19.8 Å². The van der Waals surface area contributed by atoms with Gasteiger partial charge in [-0.1, -0.05) is 22.9 Å². The fraction of sp³-hybridized carbons (Fsp3) is 0.467. The number of urea groups is 1. The van der Waals surface area contributed by atoms with Crippen LogP contribution in [0.4, 0.5) is 10.5 Å². The van der Waals surface area contributed by atoms with Crippen LogP contribution in [0.3, 0.4) is 0 Å². The Balaban J connectivity index is 2.45. The van der Waals surface area contributed by atoms with Crippen molar-refractivity contribution in [2.75, 3.05) is 11.9 Å². The van der Waals surface area contributed by atoms with Crippen LogP contribution in [-0.4, -0.2) is 23.7 Å². The maximum atomic E-state index is 11.8. The van der Waals surface area contributed by atoms with E-state index < -0.39 is 5.97 Å². The molecule has 3 N–H and O–H groups in total. The summed E-state index contributed by atoms with van der Waals surface area (Å²) in [5.41, 5.74) is 2.85. The van der Waals surface area contributed by atoms with Crippen molar-refractivity contribution in [1.82, 2.24) is 5.32 Å². The van der Waals surface area contributed by atoms with Gasteiger partial charge in [0, 0.05) is 23.1 Å². The summed E-state index contributed by atoms with van der Waals surface area (Å²) in [5, 5.41) is 14.1. The van der Waals surface area contributed by atoms with Crippen LogP contribution >= 0.6 is 15.9 Å². The van der Waals surface area contributed by atoms with Crippen LogP contribution in [0.2, 0.25) is 0 Å². The van der Waals surface area contributed by atoms with E-state index in [1.165, 1.54) is 0 Å². The third-order valence-corrected chi connectivity index (χ3v) is 4.41. The predicted molar refractivity (Wildman–Crippen MR) is 86.7 cm³/mol. The first-order valence-electron chi connectivity index (χ1n) is 6.83. The monoisotopic (exact) mass is 356 g/mol. The van der Waals surface area contributed by atoms with Crippen molar-refractivity contribution < 1.29 is 14.7 Å². The molecule has 0 spiro atoms. The van der Waals surface area contributed by atoms with Gasteiger partial charge in [-0.05, 0) is 49.4 Å². The number of carboxylic acid groups (broad SMARTS) is 1. The van der Waals surface area contributed by atoms with Crippen molar-refractivity contribution in [1.29, 1.82) is 0 Å². The van der Waals surface area contributed by atoms with E-state index in [1.807, 2.05) is 32.9 Å². The fourth-order valence-electron chi connectivity index (χ4n) is 1.93. The molecular formula is C15H21BrN2O3. The summed E-state index contributed by atoms with van der Waals surface area (Å²) < 4.78 is 1.04. The molecule has 0 aliphatic heterocycles. The number of amides is 2. The van der Waals surface area contributed by atoms with Gasteiger partial charge in [-0.3, -0.25) is 4.79 Å². The second kappa shape index (κ2) is 8.02. The number of rotatable bonds is 6. The molecule has 5 nitrogen and oxygen atoms in total. The highest BCUT2D eigenvalue weighted by molar-refractivity contribution is 9.10. The van der Waals surface area contributed by atoms with Crippen molar-refractivity contribution in [2.45, 2.75) is 33.6 Å². The molecule has 1 atom stereocenters. The molecule has 0 radical (unpaired) electrons. The van der Waals surface area contributed by atoms with Gasteiger partial charge in [0.15, 0.2) is 0 Å². The van der Waals surface area contributed by atoms with E-state index in [1.54, 1.807) is 0 Å². The van der Waals surface area contributed by atoms with Crippen LogP contribution in [-0.2, 0) is 4.79 Å². The minimum Gasteiger partial charge on any atom is -0.481 e. The molecule has 0 heterocycles. The number of nitrogens with one attached hydrogen (secondary N) is 2. The lowest BCUT2D eigenvalue weighted by Crippen LogP contribution is -2.32. The Morgan fingerprint density at radius 3 is 2.38 bits per heavy atom. The molecule has 0 bridgehead atoms. The highest BCUT2D eigenvalue weighted by Gasteiger charge is 2.09. The molecule has 1 aromatic rings. The number of hydrogen-bond acceptors (Lipinski definition) is 2. The molecule has 0 aromatic heterocycles. The number of halogens is 1. The average Bonchev–Trinajstić information content (AvgIpc) is 2.40. The van der Waals surface area contributed by atoms with Crippen molar-refractivity contribution >= 4 is 33.6 Å². The van der Waals surface area contributed by atoms with E-state index in [9.17, 15) is 9.59 Å². The number of hydrogen-bond donors (Lipinski definition) is 3. The molecule has 1 aromatic carbocycles. The van der Waals surface area contributed by atoms with E-state index in [4.69, 9.17) is 5.11 Å². The average molecular weight is 357 g/mol. The normalized spacial score (nSPS) is 11.8. The van der Waals surface area contributed by atoms with Gasteiger partial charge >= 0.3 is 12.0 Å². The Morgan fingerprint density at radius 1 is 1.29 bits per heavy atom. The van der Waals surface area contributed by atoms with Crippen molar-refractivity contribution in [3.05, 3.63) is 27.7 Å². The van der Waals surface area contributed by atoms with Crippen LogP contribution in [0.5, 0.6) is 0 Å². The van der Waals surface area contributed by atoms with Gasteiger partial charge in [0.25, 0.3) is 0 Å². The first kappa shape index (κ1) is 17.5. The van der Waals surface area contributed by atoms with Gasteiger partial charge < -0.3 is 15.7 Å². The number of aliphatic carboxylic acids is 1. The minimum absolute atomic E-state index is 0.121. The van der Waals surface area contributed by atoms with Gasteiger partial charge in [0.05, 0.1) is 0 Å². The third kappa shape index (κ3) is 6.16. The number of carboxylic acids is 1. The lowest BCUT2D eigenvalue weighted by molar-refractivity contribution is -0.137. The third-order valence-electron chi connectivity index (χ3n) is 3.16. The van der Waals surface area contributed by atoms with Crippen molar-refractivity contribution in [2.24, 2.45) is 5.92 Å². The summed E-state index contributed by atoms with van der Waals surface area (Å²) in [4.78, 5) is 22.3. The quantitative estimate of drug-likeness (QED) is 0.727. The lowest BCUT2D eigenvalue weighted by Gasteiger charge is -2.13. The molecule has 2 amide bonds. The molecule has 0 saturated carbocycles. The maximum Gasteiger partial charge on any atom is 0.319 e. The van der Waals surface area contributed by atoms with Crippen LogP contribution in [0.25, 0.3) is 0 Å². The minimum atomic E-state index is -0.813. The summed E-state index contributed by atoms with van der Waals surface area (Å²) in [6.07, 6.45) is 0.668. The number of carbonyl (C=O) groups is 2. The topological polar surface area (TPSA) is 78.4 Å². The van der Waals surface area contributed by atoms with E-state index >= 15 is 0 Å². The first-order valence-corrected chi connectivity index (χ1v) is 7.62. The molecule has 21 heavy (non-hydrogen) atoms. The van der Waals surface area contributed by atoms with E-state index in [0.717, 1.165) is 21.3 Å². The molecule has 116 valence electrons. The molecule has 1 unspecified atom stereocenters. The second-order valence-electron chi connectivity index (χ2n) is 5.30. The number of benzene rings is 1. The summed E-state index contributed by atoms with van der Waals surface area (Å²) >= 11 is 3.48.